The highest BCUT2D eigenvalue weighted by atomic mass is 16.5. The fourth-order valence-corrected chi connectivity index (χ4v) is 1.82. The van der Waals surface area contributed by atoms with Gasteiger partial charge in [-0.3, -0.25) is 0 Å². The minimum absolute atomic E-state index is 0.287. The second kappa shape index (κ2) is 3.55. The molecule has 0 amide bonds. The summed E-state index contributed by atoms with van der Waals surface area (Å²) in [7, 11) is 1.60. The molecule has 2 heterocycles. The Hall–Kier alpha value is -2.43. The molecular formula is C12H10N2O3. The van der Waals surface area contributed by atoms with Crippen molar-refractivity contribution in [3.63, 3.8) is 0 Å². The monoisotopic (exact) mass is 230 g/mol. The minimum Gasteiger partial charge on any atom is -0.493 e. The van der Waals surface area contributed by atoms with Gasteiger partial charge in [-0.05, 0) is 23.8 Å². The van der Waals surface area contributed by atoms with Crippen LogP contribution in [0.2, 0.25) is 0 Å². The molecule has 0 saturated heterocycles. The standard InChI is InChI=1S/C12H10N2O3/c1-15-10-5-8(9-6-14-17-12(9)13)4-7-2-3-16-11(7)10/h2-6H,13H2,1H3. The van der Waals surface area contributed by atoms with Crippen molar-refractivity contribution in [2.75, 3.05) is 12.8 Å². The molecule has 3 aromatic rings. The number of rotatable bonds is 2. The summed E-state index contributed by atoms with van der Waals surface area (Å²) >= 11 is 0. The van der Waals surface area contributed by atoms with Crippen molar-refractivity contribution in [2.45, 2.75) is 0 Å². The van der Waals surface area contributed by atoms with Gasteiger partial charge in [-0.1, -0.05) is 5.16 Å². The van der Waals surface area contributed by atoms with Gasteiger partial charge in [0.2, 0.25) is 5.88 Å². The number of hydrogen-bond acceptors (Lipinski definition) is 5. The maximum atomic E-state index is 5.69. The Morgan fingerprint density at radius 2 is 2.24 bits per heavy atom. The number of nitrogens with zero attached hydrogens (tertiary/aromatic N) is 1. The topological polar surface area (TPSA) is 74.4 Å². The molecule has 1 aromatic carbocycles. The Morgan fingerprint density at radius 3 is 2.94 bits per heavy atom. The Labute approximate surface area is 96.7 Å². The molecule has 0 saturated carbocycles. The molecule has 17 heavy (non-hydrogen) atoms. The molecular weight excluding hydrogens is 220 g/mol. The number of benzene rings is 1. The van der Waals surface area contributed by atoms with Crippen molar-refractivity contribution in [2.24, 2.45) is 0 Å². The summed E-state index contributed by atoms with van der Waals surface area (Å²) in [6.07, 6.45) is 3.20. The van der Waals surface area contributed by atoms with Gasteiger partial charge >= 0.3 is 0 Å². The number of methoxy groups -OCH3 is 1. The van der Waals surface area contributed by atoms with E-state index in [4.69, 9.17) is 19.4 Å². The number of hydrogen-bond donors (Lipinski definition) is 1. The van der Waals surface area contributed by atoms with Gasteiger partial charge in [-0.15, -0.1) is 0 Å². The zero-order valence-corrected chi connectivity index (χ0v) is 9.14. The van der Waals surface area contributed by atoms with Crippen LogP contribution in [0.4, 0.5) is 5.88 Å². The molecule has 2 aromatic heterocycles. The van der Waals surface area contributed by atoms with Crippen LogP contribution >= 0.6 is 0 Å². The van der Waals surface area contributed by atoms with Gasteiger partial charge in [0.05, 0.1) is 25.1 Å². The SMILES string of the molecule is COc1cc(-c2cnoc2N)cc2ccoc12. The van der Waals surface area contributed by atoms with Crippen LogP contribution in [-0.4, -0.2) is 12.3 Å². The van der Waals surface area contributed by atoms with Gasteiger partial charge in [0.15, 0.2) is 11.3 Å². The lowest BCUT2D eigenvalue weighted by molar-refractivity contribution is 0.410. The predicted octanol–water partition coefficient (Wildman–Crippen LogP) is 2.68. The summed E-state index contributed by atoms with van der Waals surface area (Å²) in [6.45, 7) is 0. The Morgan fingerprint density at radius 1 is 1.35 bits per heavy atom. The third-order valence-electron chi connectivity index (χ3n) is 2.65. The highest BCUT2D eigenvalue weighted by Gasteiger charge is 2.12. The molecule has 2 N–H and O–H groups in total. The first-order valence-corrected chi connectivity index (χ1v) is 5.05. The summed E-state index contributed by atoms with van der Waals surface area (Å²) in [5, 5.41) is 4.60. The van der Waals surface area contributed by atoms with E-state index in [9.17, 15) is 0 Å². The van der Waals surface area contributed by atoms with E-state index in [0.29, 0.717) is 11.3 Å². The number of nitrogen functional groups attached to an aromatic ring is 1. The van der Waals surface area contributed by atoms with Gasteiger partial charge in [0, 0.05) is 5.39 Å². The lowest BCUT2D eigenvalue weighted by atomic mass is 10.1. The quantitative estimate of drug-likeness (QED) is 0.732. The van der Waals surface area contributed by atoms with Crippen LogP contribution in [0.1, 0.15) is 0 Å². The summed E-state index contributed by atoms with van der Waals surface area (Å²) in [6, 6.07) is 5.66. The first kappa shape index (κ1) is 9.77. The van der Waals surface area contributed by atoms with Gasteiger partial charge < -0.3 is 19.4 Å². The molecule has 5 heteroatoms. The lowest BCUT2D eigenvalue weighted by Crippen LogP contribution is -1.87. The molecule has 86 valence electrons. The molecule has 0 aliphatic heterocycles. The maximum Gasteiger partial charge on any atom is 0.229 e. The smallest absolute Gasteiger partial charge is 0.229 e. The number of anilines is 1. The summed E-state index contributed by atoms with van der Waals surface area (Å²) < 4.78 is 15.5. The van der Waals surface area contributed by atoms with Gasteiger partial charge in [0.1, 0.15) is 0 Å². The highest BCUT2D eigenvalue weighted by Crippen LogP contribution is 2.34. The third kappa shape index (κ3) is 1.44. The van der Waals surface area contributed by atoms with Crippen LogP contribution in [0.25, 0.3) is 22.1 Å². The van der Waals surface area contributed by atoms with Crippen LogP contribution in [0.15, 0.2) is 39.6 Å². The van der Waals surface area contributed by atoms with E-state index < -0.39 is 0 Å². The first-order valence-electron chi connectivity index (χ1n) is 5.05. The highest BCUT2D eigenvalue weighted by molar-refractivity contribution is 5.90. The zero-order chi connectivity index (χ0) is 11.8. The van der Waals surface area contributed by atoms with Crippen LogP contribution in [0, 0.1) is 0 Å². The van der Waals surface area contributed by atoms with Crippen molar-refractivity contribution >= 4 is 16.9 Å². The molecule has 0 unspecified atom stereocenters. The van der Waals surface area contributed by atoms with E-state index in [-0.39, 0.29) is 5.88 Å². The van der Waals surface area contributed by atoms with E-state index in [1.54, 1.807) is 19.6 Å². The van der Waals surface area contributed by atoms with Crippen LogP contribution in [0.3, 0.4) is 0 Å². The minimum atomic E-state index is 0.287. The summed E-state index contributed by atoms with van der Waals surface area (Å²) in [5.74, 6) is 0.943. The number of furan rings is 1. The van der Waals surface area contributed by atoms with Gasteiger partial charge in [-0.25, -0.2) is 0 Å². The van der Waals surface area contributed by atoms with E-state index in [0.717, 1.165) is 16.5 Å². The average molecular weight is 230 g/mol. The number of ether oxygens (including phenoxy) is 1. The molecule has 0 atom stereocenters. The number of aromatic nitrogens is 1. The van der Waals surface area contributed by atoms with E-state index in [1.165, 1.54) is 0 Å². The second-order valence-corrected chi connectivity index (χ2v) is 3.62. The summed E-state index contributed by atoms with van der Waals surface area (Å²) in [5.41, 5.74) is 8.03. The molecule has 5 nitrogen and oxygen atoms in total. The van der Waals surface area contributed by atoms with E-state index in [1.807, 2.05) is 18.2 Å². The molecule has 3 rings (SSSR count). The Balaban J connectivity index is 2.27. The second-order valence-electron chi connectivity index (χ2n) is 3.62. The average Bonchev–Trinajstić information content (AvgIpc) is 2.95. The van der Waals surface area contributed by atoms with Crippen molar-refractivity contribution < 1.29 is 13.7 Å². The first-order chi connectivity index (χ1) is 8.29. The van der Waals surface area contributed by atoms with E-state index in [2.05, 4.69) is 5.16 Å². The van der Waals surface area contributed by atoms with Crippen molar-refractivity contribution in [3.8, 4) is 16.9 Å². The van der Waals surface area contributed by atoms with Gasteiger partial charge in [0.25, 0.3) is 0 Å². The maximum absolute atomic E-state index is 5.69. The molecule has 0 spiro atoms. The van der Waals surface area contributed by atoms with Crippen LogP contribution < -0.4 is 10.5 Å². The van der Waals surface area contributed by atoms with E-state index >= 15 is 0 Å². The number of nitrogens with two attached hydrogens (primary N) is 1. The molecule has 0 radical (unpaired) electrons. The number of fused-ring (bicyclic) bond motifs is 1. The van der Waals surface area contributed by atoms with Crippen molar-refractivity contribution in [1.82, 2.24) is 5.16 Å². The van der Waals surface area contributed by atoms with Crippen molar-refractivity contribution in [3.05, 3.63) is 30.7 Å². The van der Waals surface area contributed by atoms with Crippen LogP contribution in [-0.2, 0) is 0 Å². The lowest BCUT2D eigenvalue weighted by Gasteiger charge is -2.04. The fraction of sp³-hybridized carbons (Fsp3) is 0.0833. The predicted molar refractivity (Wildman–Crippen MR) is 62.7 cm³/mol. The Kier molecular flexibility index (Phi) is 2.04. The summed E-state index contributed by atoms with van der Waals surface area (Å²) in [4.78, 5) is 0. The normalized spacial score (nSPS) is 10.9. The third-order valence-corrected chi connectivity index (χ3v) is 2.65. The molecule has 0 aliphatic rings. The van der Waals surface area contributed by atoms with Crippen LogP contribution in [0.5, 0.6) is 5.75 Å². The van der Waals surface area contributed by atoms with Gasteiger partial charge in [-0.2, -0.15) is 0 Å². The van der Waals surface area contributed by atoms with Crippen molar-refractivity contribution in [1.29, 1.82) is 0 Å². The molecule has 0 bridgehead atoms. The zero-order valence-electron chi connectivity index (χ0n) is 9.14. The fourth-order valence-electron chi connectivity index (χ4n) is 1.82. The largest absolute Gasteiger partial charge is 0.493 e. The Bertz CT molecular complexity index is 669. The molecule has 0 aliphatic carbocycles. The molecule has 0 fully saturated rings.